The number of piperidine rings is 1. The molecule has 0 spiro atoms. The van der Waals surface area contributed by atoms with Crippen molar-refractivity contribution in [3.8, 4) is 0 Å². The zero-order valence-electron chi connectivity index (χ0n) is 10.5. The Hall–Kier alpha value is -1.06. The first-order valence-electron chi connectivity index (χ1n) is 5.97. The second-order valence-corrected chi connectivity index (χ2v) is 5.34. The highest BCUT2D eigenvalue weighted by molar-refractivity contribution is 5.81. The fraction of sp³-hybridized carbons (Fsp3) is 0.833. The van der Waals surface area contributed by atoms with Gasteiger partial charge in [0.2, 0.25) is 11.8 Å². The molecule has 1 saturated heterocycles. The first kappa shape index (κ1) is 13.0. The highest BCUT2D eigenvalue weighted by Crippen LogP contribution is 2.12. The van der Waals surface area contributed by atoms with E-state index in [1.165, 1.54) is 0 Å². The van der Waals surface area contributed by atoms with Crippen LogP contribution in [0.15, 0.2) is 0 Å². The van der Waals surface area contributed by atoms with Crippen molar-refractivity contribution < 1.29 is 9.59 Å². The third kappa shape index (κ3) is 3.83. The van der Waals surface area contributed by atoms with Gasteiger partial charge in [-0.05, 0) is 12.8 Å². The molecule has 1 aliphatic rings. The molecule has 1 heterocycles. The molecule has 0 aromatic heterocycles. The highest BCUT2D eigenvalue weighted by Gasteiger charge is 2.22. The molecule has 0 atom stereocenters. The molecule has 1 N–H and O–H groups in total. The predicted octanol–water partition coefficient (Wildman–Crippen LogP) is 1.16. The molecule has 0 aromatic rings. The summed E-state index contributed by atoms with van der Waals surface area (Å²) in [4.78, 5) is 24.9. The minimum atomic E-state index is -0.355. The van der Waals surface area contributed by atoms with Crippen molar-refractivity contribution in [1.82, 2.24) is 10.2 Å². The van der Waals surface area contributed by atoms with Gasteiger partial charge >= 0.3 is 0 Å². The molecule has 0 saturated carbocycles. The summed E-state index contributed by atoms with van der Waals surface area (Å²) in [5.41, 5.74) is -0.355. The molecule has 1 rings (SSSR count). The number of nitrogens with zero attached hydrogens (tertiary/aromatic N) is 1. The molecule has 4 nitrogen and oxygen atoms in total. The Kier molecular flexibility index (Phi) is 4.33. The van der Waals surface area contributed by atoms with E-state index in [1.807, 2.05) is 25.7 Å². The van der Waals surface area contributed by atoms with Gasteiger partial charge in [0, 0.05) is 31.5 Å². The molecular weight excluding hydrogens is 204 g/mol. The lowest BCUT2D eigenvalue weighted by atomic mass is 9.96. The maximum Gasteiger partial charge on any atom is 0.225 e. The van der Waals surface area contributed by atoms with Crippen LogP contribution in [-0.4, -0.2) is 36.3 Å². The summed E-state index contributed by atoms with van der Waals surface area (Å²) in [5, 5.41) is 2.86. The van der Waals surface area contributed by atoms with Crippen molar-refractivity contribution >= 4 is 11.8 Å². The molecule has 0 radical (unpaired) electrons. The Labute approximate surface area is 97.4 Å². The van der Waals surface area contributed by atoms with E-state index in [0.29, 0.717) is 19.5 Å². The second kappa shape index (κ2) is 5.32. The van der Waals surface area contributed by atoms with Gasteiger partial charge in [-0.15, -0.1) is 0 Å². The quantitative estimate of drug-likeness (QED) is 0.785. The second-order valence-electron chi connectivity index (χ2n) is 5.34. The van der Waals surface area contributed by atoms with Crippen molar-refractivity contribution in [2.45, 2.75) is 40.0 Å². The summed E-state index contributed by atoms with van der Waals surface area (Å²) < 4.78 is 0. The van der Waals surface area contributed by atoms with E-state index >= 15 is 0 Å². The molecule has 0 aromatic carbocycles. The molecule has 92 valence electrons. The first-order chi connectivity index (χ1) is 7.41. The van der Waals surface area contributed by atoms with Crippen LogP contribution in [0, 0.1) is 5.41 Å². The minimum absolute atomic E-state index is 0.0389. The zero-order valence-corrected chi connectivity index (χ0v) is 10.5. The standard InChI is InChI=1S/C12H22N2O2/c1-12(2,3)11(16)13-7-9-14-8-5-4-6-10(14)15/h4-9H2,1-3H3,(H,13,16). The van der Waals surface area contributed by atoms with E-state index in [4.69, 9.17) is 0 Å². The number of rotatable bonds is 3. The number of carbonyl (C=O) groups is 2. The van der Waals surface area contributed by atoms with Crippen molar-refractivity contribution in [3.05, 3.63) is 0 Å². The largest absolute Gasteiger partial charge is 0.354 e. The topological polar surface area (TPSA) is 49.4 Å². The third-order valence-corrected chi connectivity index (χ3v) is 2.77. The van der Waals surface area contributed by atoms with E-state index in [0.717, 1.165) is 19.4 Å². The highest BCUT2D eigenvalue weighted by atomic mass is 16.2. The number of nitrogens with one attached hydrogen (secondary N) is 1. The summed E-state index contributed by atoms with van der Waals surface area (Å²) >= 11 is 0. The van der Waals surface area contributed by atoms with Gasteiger partial charge in [0.15, 0.2) is 0 Å². The Morgan fingerprint density at radius 3 is 2.62 bits per heavy atom. The third-order valence-electron chi connectivity index (χ3n) is 2.77. The van der Waals surface area contributed by atoms with Gasteiger partial charge in [0.25, 0.3) is 0 Å². The number of amides is 2. The maximum absolute atomic E-state index is 11.6. The molecule has 1 aliphatic heterocycles. The number of hydrogen-bond acceptors (Lipinski definition) is 2. The van der Waals surface area contributed by atoms with Gasteiger partial charge in [-0.3, -0.25) is 9.59 Å². The summed E-state index contributed by atoms with van der Waals surface area (Å²) in [6.07, 6.45) is 2.75. The first-order valence-corrected chi connectivity index (χ1v) is 5.97. The molecular formula is C12H22N2O2. The van der Waals surface area contributed by atoms with Crippen molar-refractivity contribution in [2.75, 3.05) is 19.6 Å². The average molecular weight is 226 g/mol. The molecule has 1 fully saturated rings. The molecule has 16 heavy (non-hydrogen) atoms. The SMILES string of the molecule is CC(C)(C)C(=O)NCCN1CCCCC1=O. The van der Waals surface area contributed by atoms with E-state index < -0.39 is 0 Å². The molecule has 2 amide bonds. The van der Waals surface area contributed by atoms with Gasteiger partial charge in [0.05, 0.1) is 0 Å². The summed E-state index contributed by atoms with van der Waals surface area (Å²) in [5.74, 6) is 0.258. The van der Waals surface area contributed by atoms with E-state index in [-0.39, 0.29) is 17.2 Å². The zero-order chi connectivity index (χ0) is 12.2. The van der Waals surface area contributed by atoms with Crippen LogP contribution in [0.4, 0.5) is 0 Å². The number of likely N-dealkylation sites (tertiary alicyclic amines) is 1. The lowest BCUT2D eigenvalue weighted by Gasteiger charge is -2.27. The van der Waals surface area contributed by atoms with Crippen LogP contribution in [0.3, 0.4) is 0 Å². The van der Waals surface area contributed by atoms with Crippen LogP contribution in [0.2, 0.25) is 0 Å². The number of hydrogen-bond donors (Lipinski definition) is 1. The summed E-state index contributed by atoms with van der Waals surface area (Å²) in [7, 11) is 0. The van der Waals surface area contributed by atoms with E-state index in [2.05, 4.69) is 5.32 Å². The lowest BCUT2D eigenvalue weighted by Crippen LogP contribution is -2.43. The Balaban J connectivity index is 2.25. The number of carbonyl (C=O) groups excluding carboxylic acids is 2. The van der Waals surface area contributed by atoms with Crippen LogP contribution in [0.1, 0.15) is 40.0 Å². The Bertz CT molecular complexity index is 269. The van der Waals surface area contributed by atoms with Gasteiger partial charge < -0.3 is 10.2 Å². The van der Waals surface area contributed by atoms with Crippen LogP contribution in [-0.2, 0) is 9.59 Å². The molecule has 0 aliphatic carbocycles. The normalized spacial score (nSPS) is 17.4. The predicted molar refractivity (Wildman–Crippen MR) is 62.9 cm³/mol. The van der Waals surface area contributed by atoms with E-state index in [1.54, 1.807) is 0 Å². The van der Waals surface area contributed by atoms with Gasteiger partial charge in [-0.2, -0.15) is 0 Å². The monoisotopic (exact) mass is 226 g/mol. The van der Waals surface area contributed by atoms with Crippen LogP contribution >= 0.6 is 0 Å². The summed E-state index contributed by atoms with van der Waals surface area (Å²) in [6, 6.07) is 0. The van der Waals surface area contributed by atoms with Gasteiger partial charge in [-0.1, -0.05) is 20.8 Å². The Morgan fingerprint density at radius 1 is 1.38 bits per heavy atom. The molecule has 0 bridgehead atoms. The van der Waals surface area contributed by atoms with Gasteiger partial charge in [-0.25, -0.2) is 0 Å². The van der Waals surface area contributed by atoms with Crippen molar-refractivity contribution in [2.24, 2.45) is 5.41 Å². The maximum atomic E-state index is 11.6. The molecule has 0 unspecified atom stereocenters. The molecule has 4 heteroatoms. The summed E-state index contributed by atoms with van der Waals surface area (Å²) in [6.45, 7) is 7.68. The fourth-order valence-electron chi connectivity index (χ4n) is 1.67. The van der Waals surface area contributed by atoms with Crippen LogP contribution in [0.5, 0.6) is 0 Å². The minimum Gasteiger partial charge on any atom is -0.354 e. The lowest BCUT2D eigenvalue weighted by molar-refractivity contribution is -0.134. The fourth-order valence-corrected chi connectivity index (χ4v) is 1.67. The van der Waals surface area contributed by atoms with Crippen LogP contribution in [0.25, 0.3) is 0 Å². The smallest absolute Gasteiger partial charge is 0.225 e. The Morgan fingerprint density at radius 2 is 2.06 bits per heavy atom. The average Bonchev–Trinajstić information content (AvgIpc) is 2.19. The van der Waals surface area contributed by atoms with Crippen LogP contribution < -0.4 is 5.32 Å². The van der Waals surface area contributed by atoms with Crippen molar-refractivity contribution in [1.29, 1.82) is 0 Å². The van der Waals surface area contributed by atoms with E-state index in [9.17, 15) is 9.59 Å². The van der Waals surface area contributed by atoms with Crippen molar-refractivity contribution in [3.63, 3.8) is 0 Å². The van der Waals surface area contributed by atoms with Gasteiger partial charge in [0.1, 0.15) is 0 Å².